The van der Waals surface area contributed by atoms with Crippen LogP contribution in [-0.2, 0) is 9.53 Å². The molecule has 2 atom stereocenters. The van der Waals surface area contributed by atoms with Crippen LogP contribution in [0.1, 0.15) is 13.3 Å². The lowest BCUT2D eigenvalue weighted by Gasteiger charge is -2.03. The SMILES string of the molecule is C[C@@H]1O[C@H](CI)CC1=O. The van der Waals surface area contributed by atoms with Crippen LogP contribution in [-0.4, -0.2) is 22.4 Å². The Labute approximate surface area is 68.1 Å². The van der Waals surface area contributed by atoms with Crippen molar-refractivity contribution in [2.24, 2.45) is 0 Å². The van der Waals surface area contributed by atoms with Gasteiger partial charge in [0, 0.05) is 10.8 Å². The molecule has 0 amide bonds. The highest BCUT2D eigenvalue weighted by Crippen LogP contribution is 2.16. The molecular formula is C6H9IO2. The second-order valence-electron chi connectivity index (χ2n) is 2.23. The molecule has 0 saturated carbocycles. The van der Waals surface area contributed by atoms with E-state index in [9.17, 15) is 4.79 Å². The molecule has 1 heterocycles. The molecule has 1 fully saturated rings. The van der Waals surface area contributed by atoms with Crippen molar-refractivity contribution in [3.8, 4) is 0 Å². The van der Waals surface area contributed by atoms with E-state index >= 15 is 0 Å². The number of carbonyl (C=O) groups is 1. The van der Waals surface area contributed by atoms with Crippen LogP contribution < -0.4 is 0 Å². The smallest absolute Gasteiger partial charge is 0.163 e. The molecule has 1 aliphatic heterocycles. The summed E-state index contributed by atoms with van der Waals surface area (Å²) >= 11 is 2.23. The third kappa shape index (κ3) is 1.64. The number of hydrogen-bond donors (Lipinski definition) is 0. The number of carbonyl (C=O) groups excluding carboxylic acids is 1. The van der Waals surface area contributed by atoms with E-state index in [-0.39, 0.29) is 18.0 Å². The van der Waals surface area contributed by atoms with Gasteiger partial charge in [0.1, 0.15) is 6.10 Å². The number of Topliss-reactive ketones (excluding diaryl/α,β-unsaturated/α-hetero) is 1. The Balaban J connectivity index is 2.44. The van der Waals surface area contributed by atoms with Gasteiger partial charge in [-0.25, -0.2) is 0 Å². The molecule has 0 bridgehead atoms. The van der Waals surface area contributed by atoms with Gasteiger partial charge >= 0.3 is 0 Å². The van der Waals surface area contributed by atoms with Gasteiger partial charge in [0.05, 0.1) is 6.10 Å². The Kier molecular flexibility index (Phi) is 2.46. The summed E-state index contributed by atoms with van der Waals surface area (Å²) < 4.78 is 6.19. The van der Waals surface area contributed by atoms with E-state index in [0.717, 1.165) is 4.43 Å². The van der Waals surface area contributed by atoms with E-state index in [1.165, 1.54) is 0 Å². The highest BCUT2D eigenvalue weighted by atomic mass is 127. The van der Waals surface area contributed by atoms with Crippen LogP contribution in [0.5, 0.6) is 0 Å². The number of ether oxygens (including phenoxy) is 1. The number of halogens is 1. The van der Waals surface area contributed by atoms with Crippen molar-refractivity contribution < 1.29 is 9.53 Å². The largest absolute Gasteiger partial charge is 0.366 e. The Morgan fingerprint density at radius 3 is 2.78 bits per heavy atom. The Morgan fingerprint density at radius 2 is 2.56 bits per heavy atom. The van der Waals surface area contributed by atoms with Crippen LogP contribution in [0.4, 0.5) is 0 Å². The standard InChI is InChI=1S/C6H9IO2/c1-4-6(8)2-5(3-7)9-4/h4-5H,2-3H2,1H3/t4-,5-/m0/s1. The molecule has 3 heteroatoms. The van der Waals surface area contributed by atoms with Gasteiger partial charge in [-0.15, -0.1) is 0 Å². The van der Waals surface area contributed by atoms with E-state index in [2.05, 4.69) is 22.6 Å². The number of hydrogen-bond acceptors (Lipinski definition) is 2. The summed E-state index contributed by atoms with van der Waals surface area (Å²) in [6.45, 7) is 1.81. The zero-order chi connectivity index (χ0) is 6.85. The first-order valence-electron chi connectivity index (χ1n) is 2.98. The zero-order valence-electron chi connectivity index (χ0n) is 5.26. The highest BCUT2D eigenvalue weighted by molar-refractivity contribution is 14.1. The fourth-order valence-electron chi connectivity index (χ4n) is 0.894. The summed E-state index contributed by atoms with van der Waals surface area (Å²) in [5, 5.41) is 0. The molecule has 0 radical (unpaired) electrons. The van der Waals surface area contributed by atoms with Gasteiger partial charge in [0.25, 0.3) is 0 Å². The van der Waals surface area contributed by atoms with Crippen molar-refractivity contribution in [3.63, 3.8) is 0 Å². The maximum atomic E-state index is 10.8. The molecule has 0 spiro atoms. The van der Waals surface area contributed by atoms with Crippen molar-refractivity contribution in [2.45, 2.75) is 25.6 Å². The molecule has 52 valence electrons. The topological polar surface area (TPSA) is 26.3 Å². The van der Waals surface area contributed by atoms with Crippen LogP contribution >= 0.6 is 22.6 Å². The fraction of sp³-hybridized carbons (Fsp3) is 0.833. The van der Waals surface area contributed by atoms with E-state index in [0.29, 0.717) is 6.42 Å². The summed E-state index contributed by atoms with van der Waals surface area (Å²) in [6, 6.07) is 0. The minimum Gasteiger partial charge on any atom is -0.366 e. The Hall–Kier alpha value is 0.360. The quantitative estimate of drug-likeness (QED) is 0.508. The Morgan fingerprint density at radius 1 is 1.89 bits per heavy atom. The van der Waals surface area contributed by atoms with Crippen molar-refractivity contribution in [1.29, 1.82) is 0 Å². The lowest BCUT2D eigenvalue weighted by Crippen LogP contribution is -2.10. The third-order valence-corrected chi connectivity index (χ3v) is 2.43. The van der Waals surface area contributed by atoms with Crippen LogP contribution in [0.3, 0.4) is 0 Å². The molecular weight excluding hydrogens is 231 g/mol. The van der Waals surface area contributed by atoms with Gasteiger partial charge in [0.2, 0.25) is 0 Å². The molecule has 0 aromatic carbocycles. The van der Waals surface area contributed by atoms with Gasteiger partial charge < -0.3 is 4.74 Å². The van der Waals surface area contributed by atoms with Crippen molar-refractivity contribution >= 4 is 28.4 Å². The van der Waals surface area contributed by atoms with Gasteiger partial charge in [-0.2, -0.15) is 0 Å². The second-order valence-corrected chi connectivity index (χ2v) is 3.11. The molecule has 0 aliphatic carbocycles. The van der Waals surface area contributed by atoms with Gasteiger partial charge in [-0.3, -0.25) is 4.79 Å². The van der Waals surface area contributed by atoms with E-state index in [4.69, 9.17) is 4.74 Å². The number of ketones is 1. The van der Waals surface area contributed by atoms with E-state index in [1.54, 1.807) is 0 Å². The lowest BCUT2D eigenvalue weighted by molar-refractivity contribution is -0.121. The van der Waals surface area contributed by atoms with Gasteiger partial charge in [-0.05, 0) is 6.92 Å². The second kappa shape index (κ2) is 2.96. The minimum atomic E-state index is -0.148. The van der Waals surface area contributed by atoms with Crippen molar-refractivity contribution in [3.05, 3.63) is 0 Å². The first-order valence-corrected chi connectivity index (χ1v) is 4.50. The monoisotopic (exact) mass is 240 g/mol. The molecule has 1 saturated heterocycles. The summed E-state index contributed by atoms with van der Waals surface area (Å²) in [5.41, 5.74) is 0. The van der Waals surface area contributed by atoms with Gasteiger partial charge in [0.15, 0.2) is 5.78 Å². The fourth-order valence-corrected chi connectivity index (χ4v) is 1.41. The Bertz CT molecular complexity index is 124. The number of alkyl halides is 1. The molecule has 9 heavy (non-hydrogen) atoms. The maximum Gasteiger partial charge on any atom is 0.163 e. The lowest BCUT2D eigenvalue weighted by atomic mass is 10.2. The maximum absolute atomic E-state index is 10.8. The summed E-state index contributed by atoms with van der Waals surface area (Å²) in [5.74, 6) is 0.247. The van der Waals surface area contributed by atoms with Crippen molar-refractivity contribution in [1.82, 2.24) is 0 Å². The summed E-state index contributed by atoms with van der Waals surface area (Å²) in [6.07, 6.45) is 0.655. The zero-order valence-corrected chi connectivity index (χ0v) is 7.42. The third-order valence-electron chi connectivity index (χ3n) is 1.45. The molecule has 0 aromatic heterocycles. The van der Waals surface area contributed by atoms with Crippen LogP contribution in [0, 0.1) is 0 Å². The minimum absolute atomic E-state index is 0.148. The molecule has 0 N–H and O–H groups in total. The average molecular weight is 240 g/mol. The first kappa shape index (κ1) is 7.47. The van der Waals surface area contributed by atoms with Gasteiger partial charge in [-0.1, -0.05) is 22.6 Å². The van der Waals surface area contributed by atoms with Crippen LogP contribution in [0.25, 0.3) is 0 Å². The highest BCUT2D eigenvalue weighted by Gasteiger charge is 2.28. The molecule has 1 rings (SSSR count). The summed E-state index contributed by atoms with van der Waals surface area (Å²) in [4.78, 5) is 10.8. The molecule has 2 nitrogen and oxygen atoms in total. The van der Waals surface area contributed by atoms with E-state index < -0.39 is 0 Å². The van der Waals surface area contributed by atoms with E-state index in [1.807, 2.05) is 6.92 Å². The first-order chi connectivity index (χ1) is 4.24. The molecule has 0 unspecified atom stereocenters. The molecule has 1 aliphatic rings. The average Bonchev–Trinajstić information content (AvgIpc) is 2.13. The van der Waals surface area contributed by atoms with Crippen molar-refractivity contribution in [2.75, 3.05) is 4.43 Å². The summed E-state index contributed by atoms with van der Waals surface area (Å²) in [7, 11) is 0. The predicted molar refractivity (Wildman–Crippen MR) is 42.8 cm³/mol. The van der Waals surface area contributed by atoms with Crippen LogP contribution in [0.15, 0.2) is 0 Å². The molecule has 0 aromatic rings. The number of rotatable bonds is 1. The normalized spacial score (nSPS) is 35.6. The predicted octanol–water partition coefficient (Wildman–Crippen LogP) is 1.17. The van der Waals surface area contributed by atoms with Crippen LogP contribution in [0.2, 0.25) is 0 Å².